The van der Waals surface area contributed by atoms with Crippen molar-refractivity contribution in [3.63, 3.8) is 0 Å². The number of aliphatic hydroxyl groups is 1. The number of thiazole rings is 1. The van der Waals surface area contributed by atoms with E-state index < -0.39 is 5.38 Å². The second-order valence-corrected chi connectivity index (χ2v) is 5.16. The highest BCUT2D eigenvalue weighted by molar-refractivity contribution is 7.19. The van der Waals surface area contributed by atoms with Crippen molar-refractivity contribution in [3.05, 3.63) is 35.0 Å². The monoisotopic (exact) mass is 264 g/mol. The van der Waals surface area contributed by atoms with E-state index >= 15 is 0 Å². The Morgan fingerprint density at radius 1 is 1.53 bits per heavy atom. The van der Waals surface area contributed by atoms with E-state index in [-0.39, 0.29) is 11.3 Å². The van der Waals surface area contributed by atoms with Crippen LogP contribution in [0.3, 0.4) is 0 Å². The van der Waals surface area contributed by atoms with Gasteiger partial charge in [-0.2, -0.15) is 5.26 Å². The number of hydrogen-bond acceptors (Lipinski definition) is 4. The summed E-state index contributed by atoms with van der Waals surface area (Å²) in [6.07, 6.45) is 0. The Morgan fingerprint density at radius 2 is 2.24 bits per heavy atom. The largest absolute Gasteiger partial charge is 0.509 e. The molecule has 0 bridgehead atoms. The predicted molar refractivity (Wildman–Crippen MR) is 70.1 cm³/mol. The van der Waals surface area contributed by atoms with Crippen LogP contribution in [0, 0.1) is 11.3 Å². The highest BCUT2D eigenvalue weighted by Gasteiger charge is 2.16. The zero-order valence-corrected chi connectivity index (χ0v) is 10.6. The fourth-order valence-corrected chi connectivity index (χ4v) is 2.47. The summed E-state index contributed by atoms with van der Waals surface area (Å²) in [5, 5.41) is 18.7. The summed E-state index contributed by atoms with van der Waals surface area (Å²) in [4.78, 5) is 4.31. The summed E-state index contributed by atoms with van der Waals surface area (Å²) < 4.78 is 0.977. The summed E-state index contributed by atoms with van der Waals surface area (Å²) in [5.41, 5.74) is 0.962. The molecule has 1 N–H and O–H groups in total. The number of nitriles is 1. The van der Waals surface area contributed by atoms with E-state index in [0.717, 1.165) is 10.2 Å². The number of allylic oxidation sites excluding steroid dienone is 2. The van der Waals surface area contributed by atoms with E-state index in [4.69, 9.17) is 16.9 Å². The van der Waals surface area contributed by atoms with Gasteiger partial charge in [0.05, 0.1) is 15.6 Å². The predicted octanol–water partition coefficient (Wildman–Crippen LogP) is 3.72. The summed E-state index contributed by atoms with van der Waals surface area (Å²) in [5.74, 6) is -0.131. The van der Waals surface area contributed by atoms with Gasteiger partial charge >= 0.3 is 0 Å². The van der Waals surface area contributed by atoms with Gasteiger partial charge in [0.1, 0.15) is 22.4 Å². The SMILES string of the molecule is CC(Cl)/C(O)=C(\C#N)c1nc2ccccc2s1. The Hall–Kier alpha value is -1.57. The van der Waals surface area contributed by atoms with Crippen molar-refractivity contribution in [2.45, 2.75) is 12.3 Å². The van der Waals surface area contributed by atoms with Gasteiger partial charge < -0.3 is 5.11 Å². The summed E-state index contributed by atoms with van der Waals surface area (Å²) >= 11 is 7.13. The average molecular weight is 265 g/mol. The Morgan fingerprint density at radius 3 is 2.82 bits per heavy atom. The number of para-hydroxylation sites is 1. The molecule has 1 heterocycles. The standard InChI is InChI=1S/C12H9ClN2OS/c1-7(13)11(16)8(6-14)12-15-9-4-2-3-5-10(9)17-12/h2-5,7,16H,1H3/b11-8-. The molecule has 86 valence electrons. The van der Waals surface area contributed by atoms with Crippen molar-refractivity contribution >= 4 is 38.7 Å². The Kier molecular flexibility index (Phi) is 3.32. The number of nitrogens with zero attached hydrogens (tertiary/aromatic N) is 2. The number of hydrogen-bond donors (Lipinski definition) is 1. The first-order valence-electron chi connectivity index (χ1n) is 4.96. The maximum atomic E-state index is 9.76. The minimum Gasteiger partial charge on any atom is -0.509 e. The average Bonchev–Trinajstić information content (AvgIpc) is 2.72. The van der Waals surface area contributed by atoms with E-state index in [9.17, 15) is 5.11 Å². The minimum absolute atomic E-state index is 0.131. The van der Waals surface area contributed by atoms with Gasteiger partial charge in [0, 0.05) is 0 Å². The molecule has 0 fully saturated rings. The van der Waals surface area contributed by atoms with Gasteiger partial charge in [-0.3, -0.25) is 0 Å². The minimum atomic E-state index is -0.600. The number of aromatic nitrogens is 1. The fraction of sp³-hybridized carbons (Fsp3) is 0.167. The lowest BCUT2D eigenvalue weighted by Gasteiger charge is -2.02. The third-order valence-electron chi connectivity index (χ3n) is 2.25. The Balaban J connectivity index is 2.60. The molecule has 0 aliphatic rings. The molecule has 1 atom stereocenters. The number of aliphatic hydroxyl groups excluding tert-OH is 1. The molecule has 0 saturated carbocycles. The van der Waals surface area contributed by atoms with E-state index in [0.29, 0.717) is 5.01 Å². The van der Waals surface area contributed by atoms with Gasteiger partial charge in [0.2, 0.25) is 0 Å². The second kappa shape index (κ2) is 4.74. The van der Waals surface area contributed by atoms with E-state index in [1.165, 1.54) is 11.3 Å². The summed E-state index contributed by atoms with van der Waals surface area (Å²) in [6, 6.07) is 9.53. The number of halogens is 1. The molecule has 0 radical (unpaired) electrons. The molecule has 0 amide bonds. The molecule has 0 spiro atoms. The molecule has 17 heavy (non-hydrogen) atoms. The first-order chi connectivity index (χ1) is 8.13. The highest BCUT2D eigenvalue weighted by atomic mass is 35.5. The molecule has 5 heteroatoms. The lowest BCUT2D eigenvalue weighted by Crippen LogP contribution is -1.99. The van der Waals surface area contributed by atoms with E-state index in [1.54, 1.807) is 6.92 Å². The van der Waals surface area contributed by atoms with Crippen LogP contribution in [-0.2, 0) is 0 Å². The number of rotatable bonds is 2. The molecule has 1 aromatic carbocycles. The normalized spacial score (nSPS) is 14.2. The Labute approximate surface area is 108 Å². The number of benzene rings is 1. The first kappa shape index (κ1) is 11.9. The zero-order chi connectivity index (χ0) is 12.4. The fourth-order valence-electron chi connectivity index (χ4n) is 1.39. The van der Waals surface area contributed by atoms with Gasteiger partial charge in [-0.15, -0.1) is 22.9 Å². The molecule has 0 saturated heterocycles. The van der Waals surface area contributed by atoms with Gasteiger partial charge in [-0.1, -0.05) is 12.1 Å². The second-order valence-electron chi connectivity index (χ2n) is 3.47. The van der Waals surface area contributed by atoms with Crippen molar-refractivity contribution < 1.29 is 5.11 Å². The molecular weight excluding hydrogens is 256 g/mol. The Bertz CT molecular complexity index is 592. The maximum absolute atomic E-state index is 9.76. The third-order valence-corrected chi connectivity index (χ3v) is 3.51. The molecule has 2 rings (SSSR count). The lowest BCUT2D eigenvalue weighted by molar-refractivity contribution is 0.400. The van der Waals surface area contributed by atoms with Crippen LogP contribution >= 0.6 is 22.9 Å². The van der Waals surface area contributed by atoms with Crippen LogP contribution in [0.2, 0.25) is 0 Å². The van der Waals surface area contributed by atoms with E-state index in [2.05, 4.69) is 4.98 Å². The highest BCUT2D eigenvalue weighted by Crippen LogP contribution is 2.29. The molecule has 2 aromatic rings. The summed E-state index contributed by atoms with van der Waals surface area (Å²) in [7, 11) is 0. The molecule has 1 unspecified atom stereocenters. The maximum Gasteiger partial charge on any atom is 0.138 e. The third kappa shape index (κ3) is 2.26. The number of fused-ring (bicyclic) bond motifs is 1. The van der Waals surface area contributed by atoms with E-state index in [1.807, 2.05) is 30.3 Å². The lowest BCUT2D eigenvalue weighted by atomic mass is 10.2. The molecule has 1 aromatic heterocycles. The van der Waals surface area contributed by atoms with Gasteiger partial charge in [0.25, 0.3) is 0 Å². The van der Waals surface area contributed by atoms with Crippen LogP contribution in [0.4, 0.5) is 0 Å². The smallest absolute Gasteiger partial charge is 0.138 e. The molecular formula is C12H9ClN2OS. The topological polar surface area (TPSA) is 56.9 Å². The van der Waals surface area contributed by atoms with Crippen LogP contribution < -0.4 is 0 Å². The van der Waals surface area contributed by atoms with Crippen molar-refractivity contribution in [2.75, 3.05) is 0 Å². The molecule has 0 aliphatic carbocycles. The van der Waals surface area contributed by atoms with Crippen molar-refractivity contribution in [2.24, 2.45) is 0 Å². The summed E-state index contributed by atoms with van der Waals surface area (Å²) in [6.45, 7) is 1.61. The van der Waals surface area contributed by atoms with Crippen LogP contribution in [0.25, 0.3) is 15.8 Å². The van der Waals surface area contributed by atoms with Gasteiger partial charge in [-0.05, 0) is 19.1 Å². The first-order valence-corrected chi connectivity index (χ1v) is 6.22. The number of alkyl halides is 1. The quantitative estimate of drug-likeness (QED) is 0.511. The van der Waals surface area contributed by atoms with Crippen molar-refractivity contribution in [1.82, 2.24) is 4.98 Å². The molecule has 0 aliphatic heterocycles. The van der Waals surface area contributed by atoms with Gasteiger partial charge in [-0.25, -0.2) is 4.98 Å². The zero-order valence-electron chi connectivity index (χ0n) is 9.01. The van der Waals surface area contributed by atoms with Crippen LogP contribution in [0.1, 0.15) is 11.9 Å². The van der Waals surface area contributed by atoms with Crippen molar-refractivity contribution in [3.8, 4) is 6.07 Å². The molecule has 3 nitrogen and oxygen atoms in total. The van der Waals surface area contributed by atoms with Crippen LogP contribution in [-0.4, -0.2) is 15.5 Å². The van der Waals surface area contributed by atoms with Crippen LogP contribution in [0.15, 0.2) is 30.0 Å². The van der Waals surface area contributed by atoms with Gasteiger partial charge in [0.15, 0.2) is 0 Å². The van der Waals surface area contributed by atoms with Crippen LogP contribution in [0.5, 0.6) is 0 Å². The van der Waals surface area contributed by atoms with Crippen molar-refractivity contribution in [1.29, 1.82) is 5.26 Å².